The molecule has 0 unspecified atom stereocenters. The van der Waals surface area contributed by atoms with Crippen LogP contribution in [0.4, 0.5) is 5.69 Å². The monoisotopic (exact) mass is 342 g/mol. The molecule has 5 nitrogen and oxygen atoms in total. The standard InChI is InChI=1S/C20H26N2O3/c1-24-20-6-3-2-5-19(20)22-14-12-21(13-15-22)11-4-16-25-18-9-7-17(23)8-10-18/h2-3,5-10,23H,4,11-16H2,1H3. The van der Waals surface area contributed by atoms with E-state index in [2.05, 4.69) is 21.9 Å². The van der Waals surface area contributed by atoms with Crippen LogP contribution in [0.2, 0.25) is 0 Å². The highest BCUT2D eigenvalue weighted by molar-refractivity contribution is 5.58. The summed E-state index contributed by atoms with van der Waals surface area (Å²) in [6.07, 6.45) is 0.996. The van der Waals surface area contributed by atoms with Gasteiger partial charge in [-0.05, 0) is 42.8 Å². The Morgan fingerprint density at radius 2 is 1.68 bits per heavy atom. The van der Waals surface area contributed by atoms with Gasteiger partial charge in [0.05, 0.1) is 19.4 Å². The van der Waals surface area contributed by atoms with Gasteiger partial charge in [0.1, 0.15) is 17.2 Å². The van der Waals surface area contributed by atoms with Crippen LogP contribution in [0, 0.1) is 0 Å². The van der Waals surface area contributed by atoms with Crippen LogP contribution in [-0.4, -0.2) is 56.4 Å². The van der Waals surface area contributed by atoms with E-state index < -0.39 is 0 Å². The SMILES string of the molecule is COc1ccccc1N1CCN(CCCOc2ccc(O)cc2)CC1. The zero-order valence-corrected chi connectivity index (χ0v) is 14.7. The van der Waals surface area contributed by atoms with E-state index in [1.165, 1.54) is 5.69 Å². The van der Waals surface area contributed by atoms with Crippen molar-refractivity contribution in [1.82, 2.24) is 4.90 Å². The molecule has 2 aromatic rings. The van der Waals surface area contributed by atoms with E-state index in [0.717, 1.165) is 50.6 Å². The summed E-state index contributed by atoms with van der Waals surface area (Å²) in [5, 5.41) is 9.26. The lowest BCUT2D eigenvalue weighted by Crippen LogP contribution is -2.46. The van der Waals surface area contributed by atoms with Crippen LogP contribution in [0.1, 0.15) is 6.42 Å². The second kappa shape index (κ2) is 8.62. The van der Waals surface area contributed by atoms with Gasteiger partial charge in [0.25, 0.3) is 0 Å². The number of ether oxygens (including phenoxy) is 2. The predicted molar refractivity (Wildman–Crippen MR) is 99.9 cm³/mol. The first-order chi connectivity index (χ1) is 12.3. The Kier molecular flexibility index (Phi) is 6.01. The molecule has 1 heterocycles. The number of benzene rings is 2. The van der Waals surface area contributed by atoms with Crippen LogP contribution in [0.25, 0.3) is 0 Å². The zero-order valence-electron chi connectivity index (χ0n) is 14.7. The summed E-state index contributed by atoms with van der Waals surface area (Å²) in [4.78, 5) is 4.87. The third-order valence-electron chi connectivity index (χ3n) is 4.52. The number of piperazine rings is 1. The van der Waals surface area contributed by atoms with Gasteiger partial charge in [0.15, 0.2) is 0 Å². The van der Waals surface area contributed by atoms with Crippen molar-refractivity contribution in [3.63, 3.8) is 0 Å². The minimum Gasteiger partial charge on any atom is -0.508 e. The summed E-state index contributed by atoms with van der Waals surface area (Å²) >= 11 is 0. The van der Waals surface area contributed by atoms with Crippen molar-refractivity contribution < 1.29 is 14.6 Å². The fraction of sp³-hybridized carbons (Fsp3) is 0.400. The number of hydrogen-bond donors (Lipinski definition) is 1. The van der Waals surface area contributed by atoms with E-state index in [0.29, 0.717) is 6.61 Å². The van der Waals surface area contributed by atoms with Crippen molar-refractivity contribution in [2.75, 3.05) is 51.3 Å². The molecule has 1 N–H and O–H groups in total. The maximum absolute atomic E-state index is 9.26. The molecule has 0 amide bonds. The number of rotatable bonds is 7. The lowest BCUT2D eigenvalue weighted by Gasteiger charge is -2.36. The minimum atomic E-state index is 0.264. The Morgan fingerprint density at radius 1 is 0.960 bits per heavy atom. The van der Waals surface area contributed by atoms with Crippen molar-refractivity contribution >= 4 is 5.69 Å². The number of methoxy groups -OCH3 is 1. The van der Waals surface area contributed by atoms with Crippen molar-refractivity contribution in [1.29, 1.82) is 0 Å². The van der Waals surface area contributed by atoms with Gasteiger partial charge in [0.2, 0.25) is 0 Å². The smallest absolute Gasteiger partial charge is 0.142 e. The van der Waals surface area contributed by atoms with Crippen LogP contribution in [0.5, 0.6) is 17.2 Å². The van der Waals surface area contributed by atoms with Gasteiger partial charge in [-0.15, -0.1) is 0 Å². The molecule has 0 atom stereocenters. The Bertz CT molecular complexity index is 652. The van der Waals surface area contributed by atoms with E-state index >= 15 is 0 Å². The second-order valence-corrected chi connectivity index (χ2v) is 6.20. The van der Waals surface area contributed by atoms with E-state index in [1.807, 2.05) is 12.1 Å². The average Bonchev–Trinajstić information content (AvgIpc) is 2.67. The maximum atomic E-state index is 9.26. The molecule has 0 saturated carbocycles. The number of hydrogen-bond acceptors (Lipinski definition) is 5. The highest BCUT2D eigenvalue weighted by atomic mass is 16.5. The van der Waals surface area contributed by atoms with Gasteiger partial charge in [-0.2, -0.15) is 0 Å². The number of para-hydroxylation sites is 2. The molecule has 0 radical (unpaired) electrons. The maximum Gasteiger partial charge on any atom is 0.142 e. The molecule has 1 saturated heterocycles. The molecule has 0 aromatic heterocycles. The summed E-state index contributed by atoms with van der Waals surface area (Å²) in [6, 6.07) is 15.1. The van der Waals surface area contributed by atoms with Crippen LogP contribution in [-0.2, 0) is 0 Å². The van der Waals surface area contributed by atoms with Gasteiger partial charge in [-0.25, -0.2) is 0 Å². The van der Waals surface area contributed by atoms with Crippen molar-refractivity contribution in [3.05, 3.63) is 48.5 Å². The van der Waals surface area contributed by atoms with Crippen molar-refractivity contribution in [2.24, 2.45) is 0 Å². The molecule has 1 aliphatic heterocycles. The highest BCUT2D eigenvalue weighted by Gasteiger charge is 2.19. The summed E-state index contributed by atoms with van der Waals surface area (Å²) in [6.45, 7) is 5.86. The highest BCUT2D eigenvalue weighted by Crippen LogP contribution is 2.28. The Hall–Kier alpha value is -2.40. The molecule has 1 fully saturated rings. The predicted octanol–water partition coefficient (Wildman–Crippen LogP) is 2.99. The summed E-state index contributed by atoms with van der Waals surface area (Å²) in [7, 11) is 1.73. The first kappa shape index (κ1) is 17.4. The largest absolute Gasteiger partial charge is 0.508 e. The Balaban J connectivity index is 1.38. The van der Waals surface area contributed by atoms with Gasteiger partial charge >= 0.3 is 0 Å². The average molecular weight is 342 g/mol. The summed E-state index contributed by atoms with van der Waals surface area (Å²) < 4.78 is 11.2. The molecular formula is C20H26N2O3. The topological polar surface area (TPSA) is 45.2 Å². The molecule has 2 aromatic carbocycles. The number of nitrogens with zero attached hydrogens (tertiary/aromatic N) is 2. The zero-order chi connectivity index (χ0) is 17.5. The van der Waals surface area contributed by atoms with Crippen LogP contribution < -0.4 is 14.4 Å². The third-order valence-corrected chi connectivity index (χ3v) is 4.52. The van der Waals surface area contributed by atoms with Gasteiger partial charge in [0, 0.05) is 32.7 Å². The van der Waals surface area contributed by atoms with Crippen molar-refractivity contribution in [2.45, 2.75) is 6.42 Å². The van der Waals surface area contributed by atoms with Crippen molar-refractivity contribution in [3.8, 4) is 17.2 Å². The van der Waals surface area contributed by atoms with Gasteiger partial charge < -0.3 is 19.5 Å². The summed E-state index contributed by atoms with van der Waals surface area (Å²) in [5.74, 6) is 2.01. The number of anilines is 1. The lowest BCUT2D eigenvalue weighted by atomic mass is 10.2. The van der Waals surface area contributed by atoms with E-state index in [9.17, 15) is 5.11 Å². The molecule has 0 aliphatic carbocycles. The number of phenols is 1. The van der Waals surface area contributed by atoms with Crippen LogP contribution in [0.3, 0.4) is 0 Å². The fourth-order valence-corrected chi connectivity index (χ4v) is 3.12. The molecule has 134 valence electrons. The molecule has 1 aliphatic rings. The fourth-order valence-electron chi connectivity index (χ4n) is 3.12. The van der Waals surface area contributed by atoms with E-state index in [1.54, 1.807) is 31.4 Å². The molecule has 5 heteroatoms. The molecule has 0 bridgehead atoms. The number of aromatic hydroxyl groups is 1. The van der Waals surface area contributed by atoms with Crippen LogP contribution >= 0.6 is 0 Å². The molecule has 3 rings (SSSR count). The first-order valence-electron chi connectivity index (χ1n) is 8.78. The first-order valence-corrected chi connectivity index (χ1v) is 8.78. The van der Waals surface area contributed by atoms with E-state index in [-0.39, 0.29) is 5.75 Å². The van der Waals surface area contributed by atoms with Gasteiger partial charge in [-0.3, -0.25) is 4.90 Å². The molecule has 25 heavy (non-hydrogen) atoms. The molecular weight excluding hydrogens is 316 g/mol. The summed E-state index contributed by atoms with van der Waals surface area (Å²) in [5.41, 5.74) is 1.18. The lowest BCUT2D eigenvalue weighted by molar-refractivity contribution is 0.224. The quantitative estimate of drug-likeness (QED) is 0.784. The molecule has 0 spiro atoms. The second-order valence-electron chi connectivity index (χ2n) is 6.20. The normalized spacial score (nSPS) is 15.2. The van der Waals surface area contributed by atoms with Crippen LogP contribution in [0.15, 0.2) is 48.5 Å². The minimum absolute atomic E-state index is 0.264. The number of phenolic OH excluding ortho intramolecular Hbond substituents is 1. The Morgan fingerprint density at radius 3 is 2.40 bits per heavy atom. The van der Waals surface area contributed by atoms with Gasteiger partial charge in [-0.1, -0.05) is 12.1 Å². The Labute approximate surface area is 149 Å². The third kappa shape index (κ3) is 4.79. The van der Waals surface area contributed by atoms with E-state index in [4.69, 9.17) is 9.47 Å².